The van der Waals surface area contributed by atoms with Crippen LogP contribution >= 0.6 is 0 Å². The molecule has 0 aliphatic heterocycles. The molecular weight excluding hydrogens is 397 g/mol. The van der Waals surface area contributed by atoms with Gasteiger partial charge in [0.1, 0.15) is 0 Å². The summed E-state index contributed by atoms with van der Waals surface area (Å²) in [5.41, 5.74) is 0.710. The van der Waals surface area contributed by atoms with Crippen molar-refractivity contribution in [3.05, 3.63) is 76.9 Å². The summed E-state index contributed by atoms with van der Waals surface area (Å²) in [5, 5.41) is 0. The minimum absolute atomic E-state index is 0.0236. The third-order valence-corrected chi connectivity index (χ3v) is 4.43. The molecule has 0 aliphatic carbocycles. The van der Waals surface area contributed by atoms with Gasteiger partial charge < -0.3 is 0 Å². The number of hydrogen-bond acceptors (Lipinski definition) is 3. The average Bonchev–Trinajstić information content (AvgIpc) is 2.71. The third kappa shape index (κ3) is 5.54. The summed E-state index contributed by atoms with van der Waals surface area (Å²) >= 11 is -0.767. The van der Waals surface area contributed by atoms with E-state index in [-0.39, 0.29) is 39.7 Å². The van der Waals surface area contributed by atoms with E-state index in [0.29, 0.717) is 11.3 Å². The Morgan fingerprint density at radius 2 is 1.00 bits per heavy atom. The Kier molecular flexibility index (Phi) is 3.42. The van der Waals surface area contributed by atoms with Gasteiger partial charge in [-0.15, -0.1) is 0 Å². The molecule has 0 bridgehead atoms. The molecule has 3 aromatic carbocycles. The van der Waals surface area contributed by atoms with Gasteiger partial charge in [0, 0.05) is 4.11 Å². The van der Waals surface area contributed by atoms with Crippen LogP contribution in [0.15, 0.2) is 54.6 Å². The number of ether oxygens (including phenoxy) is 2. The van der Waals surface area contributed by atoms with E-state index in [9.17, 15) is 0 Å². The van der Waals surface area contributed by atoms with Gasteiger partial charge in [0.2, 0.25) is 0 Å². The Balaban J connectivity index is 2.04. The van der Waals surface area contributed by atoms with Crippen molar-refractivity contribution in [3.8, 4) is 28.7 Å². The van der Waals surface area contributed by atoms with E-state index in [2.05, 4.69) is 0 Å². The fraction of sp³-hybridized carbons (Fsp3) is 0.217. The monoisotopic (exact) mass is 431 g/mol. The summed E-state index contributed by atoms with van der Waals surface area (Å²) in [6.45, 7) is -5.50. The molecule has 0 saturated carbocycles. The first-order chi connectivity index (χ1) is 16.5. The van der Waals surface area contributed by atoms with E-state index in [1.54, 1.807) is 13.0 Å². The van der Waals surface area contributed by atoms with Crippen LogP contribution in [0, 0.1) is 27.5 Å². The molecule has 3 nitrogen and oxygen atoms in total. The van der Waals surface area contributed by atoms with Crippen LogP contribution in [-0.2, 0) is 0 Å². The number of benzene rings is 3. The minimum atomic E-state index is -2.49. The molecule has 0 heterocycles. The molecular formula is C23H24GeO3. The topological polar surface area (TPSA) is 27.7 Å². The second-order valence-corrected chi connectivity index (χ2v) is 7.22. The molecule has 0 amide bonds. The van der Waals surface area contributed by atoms with E-state index in [0.717, 1.165) is 0 Å². The van der Waals surface area contributed by atoms with Crippen molar-refractivity contribution < 1.29 is 25.6 Å². The first-order valence-corrected chi connectivity index (χ1v) is 11.1. The van der Waals surface area contributed by atoms with Gasteiger partial charge in [-0.05, 0) is 13.8 Å². The number of hydrogen-bond donors (Lipinski definition) is 0. The van der Waals surface area contributed by atoms with Crippen LogP contribution in [0.25, 0.3) is 0 Å². The molecule has 0 aliphatic rings. The third-order valence-electron chi connectivity index (χ3n) is 3.50. The van der Waals surface area contributed by atoms with Crippen molar-refractivity contribution >= 4 is 15.8 Å². The van der Waals surface area contributed by atoms with Crippen LogP contribution in [0.4, 0.5) is 0 Å². The Labute approximate surface area is 180 Å². The Morgan fingerprint density at radius 3 is 1.52 bits per heavy atom. The average molecular weight is 430 g/mol. The standard InChI is InChI=1S/C23H24GeO3/c1-15-6-16(2)8-19(7-15)25-20-9-17(3)10-21(13-20)26-22-11-18(4)12-23(14-22)27-24-5/h6-14H,1-5H3/i1D3,3D3,4D3. The van der Waals surface area contributed by atoms with Gasteiger partial charge in [-0.1, -0.05) is 6.07 Å². The molecule has 0 aromatic heterocycles. The van der Waals surface area contributed by atoms with Gasteiger partial charge in [-0.2, -0.15) is 0 Å². The van der Waals surface area contributed by atoms with Crippen molar-refractivity contribution in [1.29, 1.82) is 0 Å². The van der Waals surface area contributed by atoms with E-state index in [1.807, 2.05) is 5.76 Å². The summed E-state index contributed by atoms with van der Waals surface area (Å²) in [6.07, 6.45) is 0. The van der Waals surface area contributed by atoms with E-state index < -0.39 is 36.3 Å². The van der Waals surface area contributed by atoms with Crippen molar-refractivity contribution in [2.24, 2.45) is 0 Å². The van der Waals surface area contributed by atoms with Crippen LogP contribution < -0.4 is 13.2 Å². The molecule has 0 spiro atoms. The van der Waals surface area contributed by atoms with Gasteiger partial charge in [0.05, 0.1) is 0 Å². The molecule has 3 aromatic rings. The summed E-state index contributed by atoms with van der Waals surface area (Å²) < 4.78 is 87.0. The normalized spacial score (nSPS) is 16.9. The van der Waals surface area contributed by atoms with Crippen LogP contribution in [0.2, 0.25) is 5.76 Å². The summed E-state index contributed by atoms with van der Waals surface area (Å²) in [6, 6.07) is 12.9. The predicted octanol–water partition coefficient (Wildman–Crippen LogP) is 6.55. The molecule has 0 unspecified atom stereocenters. The SMILES string of the molecule is [2H]C([2H])([2H])c1cc(C)cc(Oc2cc(Oc3cc([O][Ge][CH3])cc(C([2H])([2H])[2H])c3)cc(C([2H])([2H])[2H])c2)c1. The Morgan fingerprint density at radius 1 is 0.593 bits per heavy atom. The molecule has 27 heavy (non-hydrogen) atoms. The molecule has 0 saturated heterocycles. The summed E-state index contributed by atoms with van der Waals surface area (Å²) in [7, 11) is 0. The molecule has 138 valence electrons. The van der Waals surface area contributed by atoms with Crippen LogP contribution in [0.1, 0.15) is 34.6 Å². The summed E-state index contributed by atoms with van der Waals surface area (Å²) in [5.74, 6) is 2.83. The maximum absolute atomic E-state index is 7.84. The maximum atomic E-state index is 7.84. The first-order valence-electron chi connectivity index (χ1n) is 12.7. The first kappa shape index (κ1) is 10.8. The van der Waals surface area contributed by atoms with E-state index >= 15 is 0 Å². The van der Waals surface area contributed by atoms with Crippen molar-refractivity contribution in [2.45, 2.75) is 33.2 Å². The fourth-order valence-corrected chi connectivity index (χ4v) is 3.32. The predicted molar refractivity (Wildman–Crippen MR) is 111 cm³/mol. The van der Waals surface area contributed by atoms with Crippen LogP contribution in [0.5, 0.6) is 28.7 Å². The Hall–Kier alpha value is -2.40. The zero-order valence-electron chi connectivity index (χ0n) is 23.9. The number of rotatable bonds is 6. The van der Waals surface area contributed by atoms with Crippen molar-refractivity contribution in [1.82, 2.24) is 0 Å². The van der Waals surface area contributed by atoms with Gasteiger partial charge >= 0.3 is 156 Å². The van der Waals surface area contributed by atoms with Gasteiger partial charge in [-0.25, -0.2) is 0 Å². The van der Waals surface area contributed by atoms with E-state index in [1.165, 1.54) is 48.5 Å². The fourth-order valence-electron chi connectivity index (χ4n) is 2.58. The van der Waals surface area contributed by atoms with E-state index in [4.69, 9.17) is 25.6 Å². The molecule has 0 atom stereocenters. The zero-order valence-corrected chi connectivity index (χ0v) is 17.0. The molecule has 0 fully saturated rings. The van der Waals surface area contributed by atoms with Crippen molar-refractivity contribution in [2.75, 3.05) is 0 Å². The van der Waals surface area contributed by atoms with Gasteiger partial charge in [0.25, 0.3) is 0 Å². The zero-order chi connectivity index (χ0) is 26.9. The quantitative estimate of drug-likeness (QED) is 0.415. The van der Waals surface area contributed by atoms with Crippen LogP contribution in [0.3, 0.4) is 0 Å². The molecule has 3 rings (SSSR count). The van der Waals surface area contributed by atoms with Gasteiger partial charge in [-0.3, -0.25) is 0 Å². The second-order valence-electron chi connectivity index (χ2n) is 5.93. The summed E-state index contributed by atoms with van der Waals surface area (Å²) in [4.78, 5) is 0. The van der Waals surface area contributed by atoms with Crippen LogP contribution in [-0.4, -0.2) is 15.8 Å². The second kappa shape index (κ2) is 8.53. The molecule has 0 N–H and O–H groups in total. The van der Waals surface area contributed by atoms with Gasteiger partial charge in [0.15, 0.2) is 0 Å². The Bertz CT molecular complexity index is 1230. The molecule has 4 heteroatoms. The van der Waals surface area contributed by atoms with Crippen molar-refractivity contribution in [3.63, 3.8) is 0 Å². The molecule has 2 radical (unpaired) electrons. The number of aryl methyl sites for hydroxylation is 4.